The number of halogens is 2. The molecule has 1 saturated heterocycles. The number of anilines is 2. The molecule has 7 heteroatoms. The van der Waals surface area contributed by atoms with Gasteiger partial charge in [0.05, 0.1) is 37.1 Å². The minimum Gasteiger partial charge on any atom is -0.378 e. The molecular formula is C20H26F2N2O3. The van der Waals surface area contributed by atoms with E-state index in [2.05, 4.69) is 11.4 Å². The van der Waals surface area contributed by atoms with Gasteiger partial charge < -0.3 is 19.7 Å². The summed E-state index contributed by atoms with van der Waals surface area (Å²) < 4.78 is 39.8. The van der Waals surface area contributed by atoms with Gasteiger partial charge in [0.2, 0.25) is 5.91 Å². The van der Waals surface area contributed by atoms with Crippen molar-refractivity contribution in [2.75, 3.05) is 43.1 Å². The molecule has 148 valence electrons. The summed E-state index contributed by atoms with van der Waals surface area (Å²) in [5, 5.41) is 2.49. The summed E-state index contributed by atoms with van der Waals surface area (Å²) in [6.45, 7) is 4.34. The number of carbonyl (C=O) groups excluding carboxylic acids is 1. The molecule has 1 N–H and O–H groups in total. The third-order valence-electron chi connectivity index (χ3n) is 4.89. The van der Waals surface area contributed by atoms with Crippen LogP contribution in [0.2, 0.25) is 0 Å². The lowest BCUT2D eigenvalue weighted by molar-refractivity contribution is -0.118. The number of nitrogens with zero attached hydrogens (tertiary/aromatic N) is 1. The maximum Gasteiger partial charge on any atom is 0.227 e. The van der Waals surface area contributed by atoms with Gasteiger partial charge in [0.15, 0.2) is 0 Å². The van der Waals surface area contributed by atoms with Crippen LogP contribution in [-0.2, 0) is 14.3 Å². The second-order valence-electron chi connectivity index (χ2n) is 6.75. The minimum atomic E-state index is -0.653. The van der Waals surface area contributed by atoms with Gasteiger partial charge in [-0.15, -0.1) is 0 Å². The molecule has 3 rings (SSSR count). The van der Waals surface area contributed by atoms with E-state index in [1.807, 2.05) is 6.92 Å². The van der Waals surface area contributed by atoms with Crippen LogP contribution in [0.3, 0.4) is 0 Å². The highest BCUT2D eigenvalue weighted by Gasteiger charge is 2.23. The molecule has 0 aromatic heterocycles. The number of rotatable bonds is 7. The molecule has 1 heterocycles. The van der Waals surface area contributed by atoms with Gasteiger partial charge in [-0.25, -0.2) is 8.78 Å². The zero-order chi connectivity index (χ0) is 19.2. The van der Waals surface area contributed by atoms with Crippen LogP contribution in [0.15, 0.2) is 23.8 Å². The zero-order valence-corrected chi connectivity index (χ0v) is 15.6. The second-order valence-corrected chi connectivity index (χ2v) is 6.75. The number of nitrogens with one attached hydrogen (secondary N) is 1. The van der Waals surface area contributed by atoms with E-state index in [0.29, 0.717) is 32.9 Å². The standard InChI is InChI=1S/C20H26F2N2O3/c1-2-27-19(14-5-3-4-6-14)13-20(25)23-17-11-16(22)18(12-15(17)21)24-7-9-26-10-8-24/h5,11-12,19H,2-4,6-10,13H2,1H3,(H,23,25). The Bertz CT molecular complexity index is 703. The molecule has 1 unspecified atom stereocenters. The first kappa shape index (κ1) is 19.8. The van der Waals surface area contributed by atoms with E-state index in [-0.39, 0.29) is 23.9 Å². The summed E-state index contributed by atoms with van der Waals surface area (Å²) in [6.07, 6.45) is 4.84. The molecule has 2 aliphatic rings. The third kappa shape index (κ3) is 5.05. The number of allylic oxidation sites excluding steroid dienone is 1. The van der Waals surface area contributed by atoms with Gasteiger partial charge in [-0.3, -0.25) is 4.79 Å². The van der Waals surface area contributed by atoms with Gasteiger partial charge in [0.25, 0.3) is 0 Å². The van der Waals surface area contributed by atoms with Gasteiger partial charge in [-0.2, -0.15) is 0 Å². The molecule has 0 spiro atoms. The predicted molar refractivity (Wildman–Crippen MR) is 100.0 cm³/mol. The molecule has 0 saturated carbocycles. The summed E-state index contributed by atoms with van der Waals surface area (Å²) in [5.74, 6) is -1.61. The van der Waals surface area contributed by atoms with Crippen molar-refractivity contribution in [1.29, 1.82) is 0 Å². The van der Waals surface area contributed by atoms with Crippen molar-refractivity contribution in [3.63, 3.8) is 0 Å². The van der Waals surface area contributed by atoms with Crippen molar-refractivity contribution in [3.8, 4) is 0 Å². The van der Waals surface area contributed by atoms with E-state index in [1.165, 1.54) is 0 Å². The fourth-order valence-corrected chi connectivity index (χ4v) is 3.53. The molecule has 1 amide bonds. The maximum atomic E-state index is 14.5. The molecule has 1 aliphatic heterocycles. The number of hydrogen-bond acceptors (Lipinski definition) is 4. The van der Waals surface area contributed by atoms with Crippen molar-refractivity contribution in [2.45, 2.75) is 38.7 Å². The lowest BCUT2D eigenvalue weighted by Crippen LogP contribution is -2.36. The number of carbonyl (C=O) groups is 1. The molecule has 0 radical (unpaired) electrons. The summed E-state index contributed by atoms with van der Waals surface area (Å²) in [5.41, 5.74) is 1.16. The smallest absolute Gasteiger partial charge is 0.227 e. The first-order chi connectivity index (χ1) is 13.1. The van der Waals surface area contributed by atoms with Crippen LogP contribution in [0.25, 0.3) is 0 Å². The molecule has 0 bridgehead atoms. The van der Waals surface area contributed by atoms with E-state index in [9.17, 15) is 13.6 Å². The van der Waals surface area contributed by atoms with Crippen molar-refractivity contribution < 1.29 is 23.0 Å². The Labute approximate surface area is 158 Å². The lowest BCUT2D eigenvalue weighted by Gasteiger charge is -2.29. The largest absolute Gasteiger partial charge is 0.378 e. The van der Waals surface area contributed by atoms with Crippen LogP contribution in [0.5, 0.6) is 0 Å². The summed E-state index contributed by atoms with van der Waals surface area (Å²) in [6, 6.07) is 2.18. The van der Waals surface area contributed by atoms with E-state index in [1.54, 1.807) is 4.90 Å². The molecular weight excluding hydrogens is 354 g/mol. The van der Waals surface area contributed by atoms with Crippen molar-refractivity contribution in [1.82, 2.24) is 0 Å². The van der Waals surface area contributed by atoms with E-state index >= 15 is 0 Å². The summed E-state index contributed by atoms with van der Waals surface area (Å²) in [7, 11) is 0. The first-order valence-corrected chi connectivity index (χ1v) is 9.50. The normalized spacial score (nSPS) is 18.3. The van der Waals surface area contributed by atoms with Crippen molar-refractivity contribution in [2.24, 2.45) is 0 Å². The number of morpholine rings is 1. The Morgan fingerprint density at radius 1 is 1.30 bits per heavy atom. The highest BCUT2D eigenvalue weighted by Crippen LogP contribution is 2.28. The minimum absolute atomic E-state index is 0.0892. The third-order valence-corrected chi connectivity index (χ3v) is 4.89. The van der Waals surface area contributed by atoms with Crippen LogP contribution in [0, 0.1) is 11.6 Å². The zero-order valence-electron chi connectivity index (χ0n) is 15.6. The van der Waals surface area contributed by atoms with E-state index in [0.717, 1.165) is 37.0 Å². The average Bonchev–Trinajstić information content (AvgIpc) is 3.19. The fourth-order valence-electron chi connectivity index (χ4n) is 3.53. The first-order valence-electron chi connectivity index (χ1n) is 9.50. The van der Waals surface area contributed by atoms with Gasteiger partial charge in [-0.05, 0) is 31.8 Å². The Morgan fingerprint density at radius 2 is 2.07 bits per heavy atom. The van der Waals surface area contributed by atoms with Crippen LogP contribution in [0.4, 0.5) is 20.2 Å². The predicted octanol–water partition coefficient (Wildman–Crippen LogP) is 3.65. The van der Waals surface area contributed by atoms with Crippen molar-refractivity contribution in [3.05, 3.63) is 35.4 Å². The Balaban J connectivity index is 1.67. The van der Waals surface area contributed by atoms with Gasteiger partial charge >= 0.3 is 0 Å². The highest BCUT2D eigenvalue weighted by atomic mass is 19.1. The molecule has 1 atom stereocenters. The van der Waals surface area contributed by atoms with Crippen molar-refractivity contribution >= 4 is 17.3 Å². The highest BCUT2D eigenvalue weighted by molar-refractivity contribution is 5.91. The number of hydrogen-bond donors (Lipinski definition) is 1. The second kappa shape index (κ2) is 9.28. The fraction of sp³-hybridized carbons (Fsp3) is 0.550. The molecule has 27 heavy (non-hydrogen) atoms. The van der Waals surface area contributed by atoms with Crippen LogP contribution >= 0.6 is 0 Å². The van der Waals surface area contributed by atoms with E-state index < -0.39 is 17.5 Å². The lowest BCUT2D eigenvalue weighted by atomic mass is 10.1. The quantitative estimate of drug-likeness (QED) is 0.734. The summed E-state index contributed by atoms with van der Waals surface area (Å²) >= 11 is 0. The molecule has 1 aromatic carbocycles. The van der Waals surface area contributed by atoms with Gasteiger partial charge in [0, 0.05) is 31.8 Å². The molecule has 5 nitrogen and oxygen atoms in total. The van der Waals surface area contributed by atoms with Gasteiger partial charge in [-0.1, -0.05) is 6.08 Å². The molecule has 1 aromatic rings. The molecule has 1 fully saturated rings. The van der Waals surface area contributed by atoms with Crippen LogP contribution in [0.1, 0.15) is 32.6 Å². The Morgan fingerprint density at radius 3 is 2.74 bits per heavy atom. The Kier molecular flexibility index (Phi) is 6.79. The number of benzene rings is 1. The number of amides is 1. The SMILES string of the molecule is CCOC(CC(=O)Nc1cc(F)c(N2CCOCC2)cc1F)C1=CCCC1. The maximum absolute atomic E-state index is 14.5. The average molecular weight is 380 g/mol. The van der Waals surface area contributed by atoms with E-state index in [4.69, 9.17) is 9.47 Å². The monoisotopic (exact) mass is 380 g/mol. The Hall–Kier alpha value is -1.99. The topological polar surface area (TPSA) is 50.8 Å². The van der Waals surface area contributed by atoms with Gasteiger partial charge in [0.1, 0.15) is 11.6 Å². The molecule has 1 aliphatic carbocycles. The van der Waals surface area contributed by atoms with Crippen LogP contribution < -0.4 is 10.2 Å². The number of ether oxygens (including phenoxy) is 2. The summed E-state index contributed by atoms with van der Waals surface area (Å²) in [4.78, 5) is 14.1. The van der Waals surface area contributed by atoms with Crippen LogP contribution in [-0.4, -0.2) is 44.9 Å².